The highest BCUT2D eigenvalue weighted by molar-refractivity contribution is 5.81. The van der Waals surface area contributed by atoms with Crippen LogP contribution in [0.25, 0.3) is 10.9 Å². The van der Waals surface area contributed by atoms with E-state index in [4.69, 9.17) is 0 Å². The maximum absolute atomic E-state index is 3.47. The van der Waals surface area contributed by atoms with E-state index in [9.17, 15) is 0 Å². The van der Waals surface area contributed by atoms with Crippen LogP contribution in [-0.4, -0.2) is 4.98 Å². The highest BCUT2D eigenvalue weighted by Crippen LogP contribution is 2.27. The van der Waals surface area contributed by atoms with Crippen molar-refractivity contribution in [3.8, 4) is 0 Å². The molecule has 16 heavy (non-hydrogen) atoms. The third-order valence-electron chi connectivity index (χ3n) is 3.13. The number of fused-ring (bicyclic) bond motifs is 1. The minimum absolute atomic E-state index is 0.226. The van der Waals surface area contributed by atoms with Gasteiger partial charge in [-0.2, -0.15) is 0 Å². The van der Waals surface area contributed by atoms with Crippen molar-refractivity contribution in [3.63, 3.8) is 0 Å². The molecule has 1 N–H and O–H groups in total. The third kappa shape index (κ3) is 1.99. The average molecular weight is 215 g/mol. The molecule has 1 heterocycles. The Labute approximate surface area is 97.9 Å². The molecule has 0 aliphatic carbocycles. The van der Waals surface area contributed by atoms with Crippen molar-refractivity contribution in [2.45, 2.75) is 46.0 Å². The molecule has 1 heteroatoms. The fourth-order valence-electron chi connectivity index (χ4n) is 1.93. The molecule has 86 valence electrons. The molecule has 0 atom stereocenters. The van der Waals surface area contributed by atoms with Crippen LogP contribution in [0.15, 0.2) is 24.3 Å². The summed E-state index contributed by atoms with van der Waals surface area (Å²) in [4.78, 5) is 3.47. The SMILES string of the molecule is CC(C)c1cc2cc(C(C)(C)C)ccc2[nH]1. The van der Waals surface area contributed by atoms with Crippen LogP contribution in [0.4, 0.5) is 0 Å². The summed E-state index contributed by atoms with van der Waals surface area (Å²) in [6.07, 6.45) is 0. The zero-order valence-corrected chi connectivity index (χ0v) is 10.9. The topological polar surface area (TPSA) is 15.8 Å². The maximum Gasteiger partial charge on any atom is 0.0456 e. The van der Waals surface area contributed by atoms with Crippen molar-refractivity contribution in [1.29, 1.82) is 0 Å². The molecule has 0 aliphatic heterocycles. The number of benzene rings is 1. The molecule has 0 saturated carbocycles. The number of aromatic amines is 1. The summed E-state index contributed by atoms with van der Waals surface area (Å²) < 4.78 is 0. The Balaban J connectivity index is 2.54. The Bertz CT molecular complexity index is 498. The lowest BCUT2D eigenvalue weighted by atomic mass is 9.86. The number of hydrogen-bond donors (Lipinski definition) is 1. The second-order valence-electron chi connectivity index (χ2n) is 5.93. The first-order valence-corrected chi connectivity index (χ1v) is 6.01. The molecule has 0 fully saturated rings. The van der Waals surface area contributed by atoms with Crippen LogP contribution >= 0.6 is 0 Å². The summed E-state index contributed by atoms with van der Waals surface area (Å²) in [5, 5.41) is 1.33. The lowest BCUT2D eigenvalue weighted by Gasteiger charge is -2.18. The first-order chi connectivity index (χ1) is 7.38. The smallest absolute Gasteiger partial charge is 0.0456 e. The van der Waals surface area contributed by atoms with E-state index in [0.717, 1.165) is 0 Å². The molecule has 0 bridgehead atoms. The molecule has 0 saturated heterocycles. The summed E-state index contributed by atoms with van der Waals surface area (Å²) in [6, 6.07) is 9.00. The summed E-state index contributed by atoms with van der Waals surface area (Å²) in [5.74, 6) is 0.561. The summed E-state index contributed by atoms with van der Waals surface area (Å²) >= 11 is 0. The predicted molar refractivity (Wildman–Crippen MR) is 71.1 cm³/mol. The lowest BCUT2D eigenvalue weighted by Crippen LogP contribution is -2.10. The van der Waals surface area contributed by atoms with Gasteiger partial charge < -0.3 is 4.98 Å². The molecule has 1 nitrogen and oxygen atoms in total. The minimum atomic E-state index is 0.226. The Kier molecular flexibility index (Phi) is 2.57. The predicted octanol–water partition coefficient (Wildman–Crippen LogP) is 4.59. The second kappa shape index (κ2) is 3.65. The van der Waals surface area contributed by atoms with Gasteiger partial charge in [0.05, 0.1) is 0 Å². The van der Waals surface area contributed by atoms with Crippen molar-refractivity contribution < 1.29 is 0 Å². The number of hydrogen-bond acceptors (Lipinski definition) is 0. The van der Waals surface area contributed by atoms with Gasteiger partial charge in [-0.25, -0.2) is 0 Å². The fourth-order valence-corrected chi connectivity index (χ4v) is 1.93. The lowest BCUT2D eigenvalue weighted by molar-refractivity contribution is 0.591. The van der Waals surface area contributed by atoms with E-state index in [0.29, 0.717) is 5.92 Å². The minimum Gasteiger partial charge on any atom is -0.358 e. The number of aromatic nitrogens is 1. The largest absolute Gasteiger partial charge is 0.358 e. The van der Waals surface area contributed by atoms with Gasteiger partial charge in [0.25, 0.3) is 0 Å². The Morgan fingerprint density at radius 2 is 1.75 bits per heavy atom. The van der Waals surface area contributed by atoms with Crippen molar-refractivity contribution in [3.05, 3.63) is 35.5 Å². The molecule has 0 spiro atoms. The van der Waals surface area contributed by atoms with E-state index >= 15 is 0 Å². The van der Waals surface area contributed by atoms with Gasteiger partial charge in [-0.3, -0.25) is 0 Å². The van der Waals surface area contributed by atoms with E-state index < -0.39 is 0 Å². The first kappa shape index (κ1) is 11.3. The zero-order chi connectivity index (χ0) is 11.9. The van der Waals surface area contributed by atoms with Crippen LogP contribution in [0.2, 0.25) is 0 Å². The standard InChI is InChI=1S/C15H21N/c1-10(2)14-9-11-8-12(15(3,4)5)6-7-13(11)16-14/h6-10,16H,1-5H3. The molecule has 1 aromatic carbocycles. The summed E-state index contributed by atoms with van der Waals surface area (Å²) in [7, 11) is 0. The van der Waals surface area contributed by atoms with Gasteiger partial charge in [-0.1, -0.05) is 40.7 Å². The van der Waals surface area contributed by atoms with E-state index in [2.05, 4.69) is 63.9 Å². The first-order valence-electron chi connectivity index (χ1n) is 6.01. The van der Waals surface area contributed by atoms with Crippen molar-refractivity contribution >= 4 is 10.9 Å². The number of rotatable bonds is 1. The number of H-pyrrole nitrogens is 1. The van der Waals surface area contributed by atoms with E-state index in [-0.39, 0.29) is 5.41 Å². The second-order valence-corrected chi connectivity index (χ2v) is 5.93. The normalized spacial score (nSPS) is 12.6. The maximum atomic E-state index is 3.47. The van der Waals surface area contributed by atoms with Gasteiger partial charge in [0.1, 0.15) is 0 Å². The van der Waals surface area contributed by atoms with E-state index in [1.807, 2.05) is 0 Å². The molecular formula is C15H21N. The van der Waals surface area contributed by atoms with Gasteiger partial charge in [0.2, 0.25) is 0 Å². The van der Waals surface area contributed by atoms with Crippen molar-refractivity contribution in [2.75, 3.05) is 0 Å². The highest BCUT2D eigenvalue weighted by Gasteiger charge is 2.14. The van der Waals surface area contributed by atoms with Crippen LogP contribution in [0.1, 0.15) is 51.8 Å². The molecule has 0 radical (unpaired) electrons. The van der Waals surface area contributed by atoms with Gasteiger partial charge in [0.15, 0.2) is 0 Å². The summed E-state index contributed by atoms with van der Waals surface area (Å²) in [6.45, 7) is 11.2. The van der Waals surface area contributed by atoms with E-state index in [1.54, 1.807) is 0 Å². The van der Waals surface area contributed by atoms with Crippen molar-refractivity contribution in [2.24, 2.45) is 0 Å². The molecule has 0 aliphatic rings. The van der Waals surface area contributed by atoms with Crippen LogP contribution in [0.3, 0.4) is 0 Å². The summed E-state index contributed by atoms with van der Waals surface area (Å²) in [5.41, 5.74) is 4.19. The van der Waals surface area contributed by atoms with Gasteiger partial charge >= 0.3 is 0 Å². The number of nitrogens with one attached hydrogen (secondary N) is 1. The third-order valence-corrected chi connectivity index (χ3v) is 3.13. The van der Waals surface area contributed by atoms with Crippen molar-refractivity contribution in [1.82, 2.24) is 4.98 Å². The molecular weight excluding hydrogens is 194 g/mol. The zero-order valence-electron chi connectivity index (χ0n) is 10.9. The molecule has 0 unspecified atom stereocenters. The van der Waals surface area contributed by atoms with Crippen LogP contribution in [0.5, 0.6) is 0 Å². The van der Waals surface area contributed by atoms with Gasteiger partial charge in [-0.15, -0.1) is 0 Å². The Hall–Kier alpha value is -1.24. The Morgan fingerprint density at radius 1 is 1.06 bits per heavy atom. The van der Waals surface area contributed by atoms with Crippen LogP contribution < -0.4 is 0 Å². The average Bonchev–Trinajstić information content (AvgIpc) is 2.58. The van der Waals surface area contributed by atoms with Gasteiger partial charge in [0, 0.05) is 11.2 Å². The fraction of sp³-hybridized carbons (Fsp3) is 0.467. The highest BCUT2D eigenvalue weighted by atomic mass is 14.7. The Morgan fingerprint density at radius 3 is 2.31 bits per heavy atom. The van der Waals surface area contributed by atoms with Gasteiger partial charge in [-0.05, 0) is 40.5 Å². The molecule has 2 rings (SSSR count). The monoisotopic (exact) mass is 215 g/mol. The quantitative estimate of drug-likeness (QED) is 0.716. The van der Waals surface area contributed by atoms with Crippen LogP contribution in [0, 0.1) is 0 Å². The van der Waals surface area contributed by atoms with E-state index in [1.165, 1.54) is 22.2 Å². The van der Waals surface area contributed by atoms with Crippen LogP contribution in [-0.2, 0) is 5.41 Å². The molecule has 0 amide bonds. The molecule has 1 aromatic heterocycles. The molecule has 2 aromatic rings.